The van der Waals surface area contributed by atoms with E-state index < -0.39 is 5.97 Å². The number of carboxylic acid groups (broad SMARTS) is 1. The standard InChI is InChI=1S/C9H8N2O2S2/c10-5-2-1-3-6-8(5)11-9(15-6)14-4-7(12)13/h1-3H,4,10H2,(H,12,13). The highest BCUT2D eigenvalue weighted by molar-refractivity contribution is 8.01. The van der Waals surface area contributed by atoms with Gasteiger partial charge in [0, 0.05) is 0 Å². The topological polar surface area (TPSA) is 76.2 Å². The van der Waals surface area contributed by atoms with Crippen molar-refractivity contribution in [1.82, 2.24) is 4.98 Å². The van der Waals surface area contributed by atoms with Gasteiger partial charge in [-0.25, -0.2) is 4.98 Å². The van der Waals surface area contributed by atoms with Gasteiger partial charge in [0.2, 0.25) is 0 Å². The predicted octanol–water partition coefficient (Wildman–Crippen LogP) is 2.06. The molecular weight excluding hydrogens is 232 g/mol. The molecule has 0 saturated carbocycles. The molecule has 0 bridgehead atoms. The Labute approximate surface area is 94.1 Å². The number of benzene rings is 1. The molecule has 0 aliphatic carbocycles. The van der Waals surface area contributed by atoms with Crippen LogP contribution < -0.4 is 5.73 Å². The molecule has 2 rings (SSSR count). The van der Waals surface area contributed by atoms with Crippen LogP contribution in [0.25, 0.3) is 10.2 Å². The third-order valence-electron chi connectivity index (χ3n) is 1.75. The van der Waals surface area contributed by atoms with Gasteiger partial charge in [-0.1, -0.05) is 17.8 Å². The van der Waals surface area contributed by atoms with Crippen LogP contribution in [0, 0.1) is 0 Å². The second kappa shape index (κ2) is 4.08. The molecule has 6 heteroatoms. The highest BCUT2D eigenvalue weighted by atomic mass is 32.2. The van der Waals surface area contributed by atoms with Gasteiger partial charge in [0.05, 0.1) is 16.1 Å². The number of thiazole rings is 1. The average Bonchev–Trinajstić information content (AvgIpc) is 2.59. The minimum Gasteiger partial charge on any atom is -0.481 e. The molecule has 4 nitrogen and oxygen atoms in total. The highest BCUT2D eigenvalue weighted by Gasteiger charge is 2.07. The Hall–Kier alpha value is -1.27. The van der Waals surface area contributed by atoms with Crippen LogP contribution in [-0.4, -0.2) is 21.8 Å². The van der Waals surface area contributed by atoms with Crippen LogP contribution >= 0.6 is 23.1 Å². The van der Waals surface area contributed by atoms with Crippen molar-refractivity contribution in [3.8, 4) is 0 Å². The van der Waals surface area contributed by atoms with E-state index in [0.717, 1.165) is 14.6 Å². The molecule has 1 aromatic heterocycles. The number of hydrogen-bond acceptors (Lipinski definition) is 5. The van der Waals surface area contributed by atoms with Crippen molar-refractivity contribution >= 4 is 45.0 Å². The third kappa shape index (κ3) is 2.21. The summed E-state index contributed by atoms with van der Waals surface area (Å²) in [4.78, 5) is 14.7. The van der Waals surface area contributed by atoms with Crippen LogP contribution in [0.15, 0.2) is 22.5 Å². The molecule has 2 aromatic rings. The monoisotopic (exact) mass is 240 g/mol. The van der Waals surface area contributed by atoms with Crippen molar-refractivity contribution in [1.29, 1.82) is 0 Å². The Morgan fingerprint density at radius 1 is 1.60 bits per heavy atom. The summed E-state index contributed by atoms with van der Waals surface area (Å²) in [5, 5.41) is 8.54. The van der Waals surface area contributed by atoms with E-state index in [9.17, 15) is 4.79 Å². The summed E-state index contributed by atoms with van der Waals surface area (Å²) in [6, 6.07) is 5.57. The number of aromatic nitrogens is 1. The van der Waals surface area contributed by atoms with Crippen molar-refractivity contribution in [3.63, 3.8) is 0 Å². The summed E-state index contributed by atoms with van der Waals surface area (Å²) in [5.41, 5.74) is 7.13. The highest BCUT2D eigenvalue weighted by Crippen LogP contribution is 2.31. The molecule has 0 fully saturated rings. The second-order valence-corrected chi connectivity index (χ2v) is 5.11. The van der Waals surface area contributed by atoms with E-state index in [1.165, 1.54) is 23.1 Å². The first kappa shape index (κ1) is 10.3. The van der Waals surface area contributed by atoms with Crippen LogP contribution in [0.4, 0.5) is 5.69 Å². The summed E-state index contributed by atoms with van der Waals surface area (Å²) < 4.78 is 1.73. The number of thioether (sulfide) groups is 1. The minimum absolute atomic E-state index is 0.0275. The van der Waals surface area contributed by atoms with Crippen LogP contribution in [0.1, 0.15) is 0 Å². The zero-order valence-electron chi connectivity index (χ0n) is 7.64. The number of carboxylic acids is 1. The fourth-order valence-corrected chi connectivity index (χ4v) is 2.95. The molecule has 0 spiro atoms. The van der Waals surface area contributed by atoms with Gasteiger partial charge >= 0.3 is 5.97 Å². The smallest absolute Gasteiger partial charge is 0.313 e. The first-order valence-electron chi connectivity index (χ1n) is 4.16. The lowest BCUT2D eigenvalue weighted by atomic mass is 10.3. The fourth-order valence-electron chi connectivity index (χ4n) is 1.13. The summed E-state index contributed by atoms with van der Waals surface area (Å²) in [6.45, 7) is 0. The van der Waals surface area contributed by atoms with E-state index >= 15 is 0 Å². The molecule has 0 unspecified atom stereocenters. The molecule has 0 aliphatic heterocycles. The molecule has 1 aromatic carbocycles. The number of para-hydroxylation sites is 1. The molecule has 0 amide bonds. The molecular formula is C9H8N2O2S2. The molecule has 0 radical (unpaired) electrons. The largest absolute Gasteiger partial charge is 0.481 e. The van der Waals surface area contributed by atoms with Gasteiger partial charge in [-0.15, -0.1) is 11.3 Å². The normalized spacial score (nSPS) is 10.7. The van der Waals surface area contributed by atoms with Gasteiger partial charge in [-0.3, -0.25) is 4.79 Å². The van der Waals surface area contributed by atoms with Crippen molar-refractivity contribution < 1.29 is 9.90 Å². The third-order valence-corrected chi connectivity index (χ3v) is 3.90. The molecule has 0 aliphatic rings. The number of anilines is 1. The molecule has 3 N–H and O–H groups in total. The Bertz CT molecular complexity index is 510. The molecule has 0 atom stereocenters. The number of hydrogen-bond donors (Lipinski definition) is 2. The van der Waals surface area contributed by atoms with Crippen molar-refractivity contribution in [3.05, 3.63) is 18.2 Å². The lowest BCUT2D eigenvalue weighted by Gasteiger charge is -1.91. The number of nitrogens with zero attached hydrogens (tertiary/aromatic N) is 1. The van der Waals surface area contributed by atoms with Gasteiger partial charge in [0.25, 0.3) is 0 Å². The van der Waals surface area contributed by atoms with Gasteiger partial charge in [0.15, 0.2) is 4.34 Å². The summed E-state index contributed by atoms with van der Waals surface area (Å²) >= 11 is 2.68. The van der Waals surface area contributed by atoms with E-state index in [-0.39, 0.29) is 5.75 Å². The van der Waals surface area contributed by atoms with Crippen molar-refractivity contribution in [2.24, 2.45) is 0 Å². The van der Waals surface area contributed by atoms with Gasteiger partial charge in [-0.05, 0) is 12.1 Å². The van der Waals surface area contributed by atoms with Gasteiger partial charge < -0.3 is 10.8 Å². The maximum Gasteiger partial charge on any atom is 0.313 e. The maximum absolute atomic E-state index is 10.4. The molecule has 15 heavy (non-hydrogen) atoms. The van der Waals surface area contributed by atoms with Crippen LogP contribution in [0.3, 0.4) is 0 Å². The van der Waals surface area contributed by atoms with E-state index in [1.807, 2.05) is 12.1 Å². The predicted molar refractivity (Wildman–Crippen MR) is 62.4 cm³/mol. The number of fused-ring (bicyclic) bond motifs is 1. The van der Waals surface area contributed by atoms with Gasteiger partial charge in [0.1, 0.15) is 5.52 Å². The zero-order chi connectivity index (χ0) is 10.8. The zero-order valence-corrected chi connectivity index (χ0v) is 9.27. The first-order chi connectivity index (χ1) is 7.16. The van der Waals surface area contributed by atoms with Crippen molar-refractivity contribution in [2.75, 3.05) is 11.5 Å². The number of aliphatic carboxylic acids is 1. The van der Waals surface area contributed by atoms with E-state index in [1.54, 1.807) is 6.07 Å². The Morgan fingerprint density at radius 3 is 3.07 bits per heavy atom. The Balaban J connectivity index is 2.31. The SMILES string of the molecule is Nc1cccc2sc(SCC(=O)O)nc12. The Kier molecular flexibility index (Phi) is 2.79. The number of nitrogen functional groups attached to an aromatic ring is 1. The van der Waals surface area contributed by atoms with Crippen LogP contribution in [-0.2, 0) is 4.79 Å². The fraction of sp³-hybridized carbons (Fsp3) is 0.111. The lowest BCUT2D eigenvalue weighted by Crippen LogP contribution is -1.96. The van der Waals surface area contributed by atoms with E-state index in [4.69, 9.17) is 10.8 Å². The average molecular weight is 240 g/mol. The molecule has 1 heterocycles. The first-order valence-corrected chi connectivity index (χ1v) is 5.96. The second-order valence-electron chi connectivity index (χ2n) is 2.86. The minimum atomic E-state index is -0.841. The van der Waals surface area contributed by atoms with E-state index in [0.29, 0.717) is 5.69 Å². The Morgan fingerprint density at radius 2 is 2.40 bits per heavy atom. The molecule has 78 valence electrons. The van der Waals surface area contributed by atoms with Crippen LogP contribution in [0.5, 0.6) is 0 Å². The lowest BCUT2D eigenvalue weighted by molar-refractivity contribution is -0.133. The summed E-state index contributed by atoms with van der Waals surface area (Å²) in [5.74, 6) is -0.813. The quantitative estimate of drug-likeness (QED) is 0.634. The van der Waals surface area contributed by atoms with E-state index in [2.05, 4.69) is 4.98 Å². The summed E-state index contributed by atoms with van der Waals surface area (Å²) in [7, 11) is 0. The van der Waals surface area contributed by atoms with Crippen molar-refractivity contribution in [2.45, 2.75) is 4.34 Å². The number of nitrogens with two attached hydrogens (primary N) is 1. The summed E-state index contributed by atoms with van der Waals surface area (Å²) in [6.07, 6.45) is 0. The maximum atomic E-state index is 10.4. The van der Waals surface area contributed by atoms with Gasteiger partial charge in [-0.2, -0.15) is 0 Å². The molecule has 0 saturated heterocycles. The number of rotatable bonds is 3. The number of carbonyl (C=O) groups is 1. The van der Waals surface area contributed by atoms with Crippen LogP contribution in [0.2, 0.25) is 0 Å².